The Bertz CT molecular complexity index is 656. The van der Waals surface area contributed by atoms with Crippen LogP contribution >= 0.6 is 0 Å². The maximum atomic E-state index is 12.2. The maximum Gasteiger partial charge on any atom is 0.315 e. The zero-order chi connectivity index (χ0) is 19.9. The van der Waals surface area contributed by atoms with Crippen LogP contribution in [0.3, 0.4) is 0 Å². The van der Waals surface area contributed by atoms with Gasteiger partial charge in [-0.15, -0.1) is 0 Å². The van der Waals surface area contributed by atoms with Crippen molar-refractivity contribution in [1.29, 1.82) is 0 Å². The van der Waals surface area contributed by atoms with Gasteiger partial charge in [-0.3, -0.25) is 9.69 Å². The summed E-state index contributed by atoms with van der Waals surface area (Å²) in [5, 5.41) is 5.93. The molecule has 0 unspecified atom stereocenters. The first-order valence-corrected chi connectivity index (χ1v) is 10.3. The van der Waals surface area contributed by atoms with Crippen molar-refractivity contribution in [2.45, 2.75) is 39.3 Å². The number of nitrogens with zero attached hydrogens (tertiary/aromatic N) is 2. The summed E-state index contributed by atoms with van der Waals surface area (Å²) < 4.78 is 5.43. The van der Waals surface area contributed by atoms with Crippen molar-refractivity contribution in [3.05, 3.63) is 29.8 Å². The van der Waals surface area contributed by atoms with E-state index in [0.717, 1.165) is 50.5 Å². The molecule has 2 aliphatic rings. The molecule has 1 atom stereocenters. The highest BCUT2D eigenvalue weighted by atomic mass is 16.5. The van der Waals surface area contributed by atoms with Gasteiger partial charge in [0.1, 0.15) is 0 Å². The summed E-state index contributed by atoms with van der Waals surface area (Å²) in [5.41, 5.74) is 1.94. The van der Waals surface area contributed by atoms with Crippen molar-refractivity contribution in [2.24, 2.45) is 5.92 Å². The molecule has 2 saturated heterocycles. The zero-order valence-electron chi connectivity index (χ0n) is 16.9. The number of carbonyl (C=O) groups excluding carboxylic acids is 2. The molecule has 2 heterocycles. The number of nitrogens with one attached hydrogen (secondary N) is 2. The lowest BCUT2D eigenvalue weighted by molar-refractivity contribution is -0.117. The monoisotopic (exact) mass is 388 g/mol. The first kappa shape index (κ1) is 20.6. The molecule has 0 saturated carbocycles. The van der Waals surface area contributed by atoms with Crippen LogP contribution < -0.4 is 15.5 Å². The SMILES string of the molecule is CC(C)[C@@H](CNC(=O)NCc1ccc(N2CCCC2=O)cc1)N1CCOCC1. The standard InChI is InChI=1S/C21H32N4O3/c1-16(2)19(24-10-12-28-13-11-24)15-23-21(27)22-14-17-5-7-18(8-6-17)25-9-3-4-20(25)26/h5-8,16,19H,3-4,9-15H2,1-2H3,(H2,22,23,27)/t19-/m1/s1. The van der Waals surface area contributed by atoms with Crippen molar-refractivity contribution in [3.63, 3.8) is 0 Å². The fourth-order valence-corrected chi connectivity index (χ4v) is 3.85. The molecule has 1 aromatic rings. The van der Waals surface area contributed by atoms with Gasteiger partial charge < -0.3 is 20.3 Å². The smallest absolute Gasteiger partial charge is 0.315 e. The molecule has 2 N–H and O–H groups in total. The van der Waals surface area contributed by atoms with Gasteiger partial charge in [0.15, 0.2) is 0 Å². The molecular formula is C21H32N4O3. The van der Waals surface area contributed by atoms with E-state index in [1.165, 1.54) is 0 Å². The molecule has 154 valence electrons. The molecule has 3 rings (SSSR count). The topological polar surface area (TPSA) is 73.9 Å². The number of morpholine rings is 1. The van der Waals surface area contributed by atoms with Crippen molar-refractivity contribution in [1.82, 2.24) is 15.5 Å². The highest BCUT2D eigenvalue weighted by Gasteiger charge is 2.24. The predicted octanol–water partition coefficient (Wildman–Crippen LogP) is 1.97. The fourth-order valence-electron chi connectivity index (χ4n) is 3.85. The van der Waals surface area contributed by atoms with Gasteiger partial charge in [-0.1, -0.05) is 26.0 Å². The Labute approximate surface area is 167 Å². The number of rotatable bonds is 7. The van der Waals surface area contributed by atoms with Gasteiger partial charge in [-0.25, -0.2) is 4.79 Å². The number of benzene rings is 1. The van der Waals surface area contributed by atoms with Gasteiger partial charge in [0.05, 0.1) is 13.2 Å². The highest BCUT2D eigenvalue weighted by Crippen LogP contribution is 2.21. The lowest BCUT2D eigenvalue weighted by atomic mass is 10.0. The predicted molar refractivity (Wildman–Crippen MR) is 109 cm³/mol. The summed E-state index contributed by atoms with van der Waals surface area (Å²) in [6.07, 6.45) is 1.55. The van der Waals surface area contributed by atoms with Gasteiger partial charge in [0, 0.05) is 50.9 Å². The summed E-state index contributed by atoms with van der Waals surface area (Å²) in [5.74, 6) is 0.643. The van der Waals surface area contributed by atoms with Crippen LogP contribution in [-0.4, -0.2) is 62.3 Å². The minimum atomic E-state index is -0.155. The molecule has 28 heavy (non-hydrogen) atoms. The molecule has 0 aliphatic carbocycles. The van der Waals surface area contributed by atoms with Gasteiger partial charge in [0.2, 0.25) is 5.91 Å². The summed E-state index contributed by atoms with van der Waals surface area (Å²) in [6, 6.07) is 7.98. The van der Waals surface area contributed by atoms with Crippen LogP contribution in [0.25, 0.3) is 0 Å². The van der Waals surface area contributed by atoms with E-state index >= 15 is 0 Å². The molecule has 2 aliphatic heterocycles. The lowest BCUT2D eigenvalue weighted by Crippen LogP contribution is -2.52. The van der Waals surface area contributed by atoms with E-state index in [-0.39, 0.29) is 11.9 Å². The van der Waals surface area contributed by atoms with E-state index in [0.29, 0.717) is 31.5 Å². The first-order valence-electron chi connectivity index (χ1n) is 10.3. The maximum absolute atomic E-state index is 12.2. The summed E-state index contributed by atoms with van der Waals surface area (Å²) >= 11 is 0. The first-order chi connectivity index (χ1) is 13.5. The van der Waals surface area contributed by atoms with E-state index in [1.807, 2.05) is 29.2 Å². The Morgan fingerprint density at radius 2 is 1.82 bits per heavy atom. The van der Waals surface area contributed by atoms with Crippen LogP contribution in [-0.2, 0) is 16.1 Å². The minimum absolute atomic E-state index is 0.155. The van der Waals surface area contributed by atoms with E-state index < -0.39 is 0 Å². The second kappa shape index (κ2) is 9.89. The van der Waals surface area contributed by atoms with Crippen molar-refractivity contribution in [2.75, 3.05) is 44.3 Å². The molecule has 2 fully saturated rings. The molecule has 1 aromatic carbocycles. The van der Waals surface area contributed by atoms with Gasteiger partial charge in [-0.2, -0.15) is 0 Å². The van der Waals surface area contributed by atoms with Crippen molar-refractivity contribution >= 4 is 17.6 Å². The van der Waals surface area contributed by atoms with Crippen LogP contribution in [0.1, 0.15) is 32.3 Å². The summed E-state index contributed by atoms with van der Waals surface area (Å²) in [7, 11) is 0. The second-order valence-electron chi connectivity index (χ2n) is 7.84. The Hall–Kier alpha value is -2.12. The third kappa shape index (κ3) is 5.45. The number of amides is 3. The number of carbonyl (C=O) groups is 2. The zero-order valence-corrected chi connectivity index (χ0v) is 16.9. The van der Waals surface area contributed by atoms with Crippen LogP contribution in [0.5, 0.6) is 0 Å². The molecule has 3 amide bonds. The summed E-state index contributed by atoms with van der Waals surface area (Å²) in [4.78, 5) is 28.3. The Morgan fingerprint density at radius 3 is 2.43 bits per heavy atom. The van der Waals surface area contributed by atoms with E-state index in [2.05, 4.69) is 29.4 Å². The molecule has 0 radical (unpaired) electrons. The van der Waals surface area contributed by atoms with E-state index in [4.69, 9.17) is 4.74 Å². The molecule has 7 nitrogen and oxygen atoms in total. The third-order valence-corrected chi connectivity index (χ3v) is 5.53. The number of urea groups is 1. The Morgan fingerprint density at radius 1 is 1.11 bits per heavy atom. The average Bonchev–Trinajstić information content (AvgIpc) is 3.13. The minimum Gasteiger partial charge on any atom is -0.379 e. The van der Waals surface area contributed by atoms with Crippen molar-refractivity contribution in [3.8, 4) is 0 Å². The van der Waals surface area contributed by atoms with E-state index in [1.54, 1.807) is 0 Å². The fraction of sp³-hybridized carbons (Fsp3) is 0.619. The Balaban J connectivity index is 1.43. The van der Waals surface area contributed by atoms with Crippen LogP contribution in [0, 0.1) is 5.92 Å². The van der Waals surface area contributed by atoms with Crippen molar-refractivity contribution < 1.29 is 14.3 Å². The van der Waals surface area contributed by atoms with Crippen LogP contribution in [0.15, 0.2) is 24.3 Å². The number of hydrogen-bond donors (Lipinski definition) is 2. The van der Waals surface area contributed by atoms with Crippen LogP contribution in [0.2, 0.25) is 0 Å². The molecule has 0 bridgehead atoms. The van der Waals surface area contributed by atoms with Gasteiger partial charge in [-0.05, 0) is 30.0 Å². The highest BCUT2D eigenvalue weighted by molar-refractivity contribution is 5.95. The normalized spacial score (nSPS) is 19.1. The summed E-state index contributed by atoms with van der Waals surface area (Å²) in [6.45, 7) is 9.60. The van der Waals surface area contributed by atoms with E-state index in [9.17, 15) is 9.59 Å². The van der Waals surface area contributed by atoms with Gasteiger partial charge >= 0.3 is 6.03 Å². The number of anilines is 1. The Kier molecular flexibility index (Phi) is 7.28. The molecule has 7 heteroatoms. The van der Waals surface area contributed by atoms with Crippen LogP contribution in [0.4, 0.5) is 10.5 Å². The quantitative estimate of drug-likeness (QED) is 0.749. The lowest BCUT2D eigenvalue weighted by Gasteiger charge is -2.36. The average molecular weight is 389 g/mol. The molecule has 0 spiro atoms. The number of hydrogen-bond acceptors (Lipinski definition) is 4. The molecule has 0 aromatic heterocycles. The van der Waals surface area contributed by atoms with Gasteiger partial charge in [0.25, 0.3) is 0 Å². The largest absolute Gasteiger partial charge is 0.379 e. The number of ether oxygens (including phenoxy) is 1. The third-order valence-electron chi connectivity index (χ3n) is 5.53. The molecular weight excluding hydrogens is 356 g/mol. The second-order valence-corrected chi connectivity index (χ2v) is 7.84.